The van der Waals surface area contributed by atoms with Crippen molar-refractivity contribution in [3.8, 4) is 11.5 Å². The zero-order chi connectivity index (χ0) is 14.4. The lowest BCUT2D eigenvalue weighted by molar-refractivity contribution is -0.0512. The van der Waals surface area contributed by atoms with E-state index < -0.39 is 6.61 Å². The highest BCUT2D eigenvalue weighted by Crippen LogP contribution is 2.29. The van der Waals surface area contributed by atoms with Crippen LogP contribution in [0.25, 0.3) is 0 Å². The number of alkyl halides is 2. The van der Waals surface area contributed by atoms with Crippen molar-refractivity contribution in [2.75, 3.05) is 7.11 Å². The lowest BCUT2D eigenvalue weighted by atomic mass is 10.2. The largest absolute Gasteiger partial charge is 0.493 e. The van der Waals surface area contributed by atoms with E-state index in [0.29, 0.717) is 13.1 Å². The van der Waals surface area contributed by atoms with Crippen LogP contribution in [0.5, 0.6) is 11.5 Å². The number of nitrogens with zero attached hydrogens (tertiary/aromatic N) is 1. The van der Waals surface area contributed by atoms with Crippen LogP contribution in [0.2, 0.25) is 0 Å². The molecule has 7 heteroatoms. The van der Waals surface area contributed by atoms with Gasteiger partial charge >= 0.3 is 6.61 Å². The van der Waals surface area contributed by atoms with Gasteiger partial charge in [0.15, 0.2) is 11.5 Å². The van der Waals surface area contributed by atoms with Crippen LogP contribution in [0.1, 0.15) is 10.6 Å². The Balaban J connectivity index is 1.97. The molecule has 1 aromatic heterocycles. The van der Waals surface area contributed by atoms with E-state index in [1.165, 1.54) is 7.11 Å². The van der Waals surface area contributed by atoms with Gasteiger partial charge in [-0.05, 0) is 17.7 Å². The van der Waals surface area contributed by atoms with Gasteiger partial charge in [-0.1, -0.05) is 6.07 Å². The maximum absolute atomic E-state index is 12.3. The molecule has 20 heavy (non-hydrogen) atoms. The topological polar surface area (TPSA) is 43.4 Å². The molecular weight excluding hydrogens is 286 g/mol. The molecule has 0 atom stereocenters. The molecule has 1 heterocycles. The van der Waals surface area contributed by atoms with Gasteiger partial charge in [-0.15, -0.1) is 11.3 Å². The molecule has 0 saturated heterocycles. The number of hydrogen-bond donors (Lipinski definition) is 1. The third-order valence-electron chi connectivity index (χ3n) is 2.53. The summed E-state index contributed by atoms with van der Waals surface area (Å²) in [6, 6.07) is 4.95. The van der Waals surface area contributed by atoms with Gasteiger partial charge in [-0.25, -0.2) is 4.98 Å². The van der Waals surface area contributed by atoms with Gasteiger partial charge < -0.3 is 14.8 Å². The quantitative estimate of drug-likeness (QED) is 0.853. The smallest absolute Gasteiger partial charge is 0.387 e. The van der Waals surface area contributed by atoms with Crippen molar-refractivity contribution in [1.29, 1.82) is 0 Å². The Kier molecular flexibility index (Phi) is 5.25. The summed E-state index contributed by atoms with van der Waals surface area (Å²) < 4.78 is 34.0. The summed E-state index contributed by atoms with van der Waals surface area (Å²) >= 11 is 1.56. The SMILES string of the molecule is COc1ccc(CNCc2nccs2)cc1OC(F)F. The minimum Gasteiger partial charge on any atom is -0.493 e. The minimum absolute atomic E-state index is 0.0380. The Labute approximate surface area is 119 Å². The van der Waals surface area contributed by atoms with Crippen molar-refractivity contribution < 1.29 is 18.3 Å². The number of nitrogens with one attached hydrogen (secondary N) is 1. The Morgan fingerprint density at radius 2 is 2.15 bits per heavy atom. The Hall–Kier alpha value is -1.73. The van der Waals surface area contributed by atoms with E-state index in [4.69, 9.17) is 4.74 Å². The predicted octanol–water partition coefficient (Wildman–Crippen LogP) is 3.04. The molecule has 2 rings (SSSR count). The normalized spacial score (nSPS) is 10.8. The Morgan fingerprint density at radius 3 is 2.80 bits per heavy atom. The van der Waals surface area contributed by atoms with Gasteiger partial charge in [0, 0.05) is 24.7 Å². The third kappa shape index (κ3) is 4.14. The molecule has 0 fully saturated rings. The highest BCUT2D eigenvalue weighted by Gasteiger charge is 2.11. The van der Waals surface area contributed by atoms with Crippen molar-refractivity contribution in [2.24, 2.45) is 0 Å². The lowest BCUT2D eigenvalue weighted by Crippen LogP contribution is -2.13. The van der Waals surface area contributed by atoms with Crippen LogP contribution in [0, 0.1) is 0 Å². The van der Waals surface area contributed by atoms with Gasteiger partial charge in [0.1, 0.15) is 5.01 Å². The average molecular weight is 300 g/mol. The molecule has 0 spiro atoms. The van der Waals surface area contributed by atoms with Gasteiger partial charge in [0.25, 0.3) is 0 Å². The fraction of sp³-hybridized carbons (Fsp3) is 0.308. The van der Waals surface area contributed by atoms with E-state index >= 15 is 0 Å². The number of ether oxygens (including phenoxy) is 2. The summed E-state index contributed by atoms with van der Waals surface area (Å²) in [6.45, 7) is -1.71. The van der Waals surface area contributed by atoms with E-state index in [9.17, 15) is 8.78 Å². The fourth-order valence-electron chi connectivity index (χ4n) is 1.67. The number of rotatable bonds is 7. The third-order valence-corrected chi connectivity index (χ3v) is 3.31. The monoisotopic (exact) mass is 300 g/mol. The predicted molar refractivity (Wildman–Crippen MR) is 72.3 cm³/mol. The first-order chi connectivity index (χ1) is 9.69. The highest BCUT2D eigenvalue weighted by atomic mass is 32.1. The first-order valence-corrected chi connectivity index (χ1v) is 6.78. The maximum atomic E-state index is 12.3. The van der Waals surface area contributed by atoms with E-state index in [2.05, 4.69) is 15.0 Å². The highest BCUT2D eigenvalue weighted by molar-refractivity contribution is 7.09. The van der Waals surface area contributed by atoms with Gasteiger partial charge in [0.05, 0.1) is 7.11 Å². The van der Waals surface area contributed by atoms with Crippen LogP contribution in [0.4, 0.5) is 8.78 Å². The summed E-state index contributed by atoms with van der Waals surface area (Å²) in [5.41, 5.74) is 0.831. The zero-order valence-electron chi connectivity index (χ0n) is 10.8. The first-order valence-electron chi connectivity index (χ1n) is 5.90. The first kappa shape index (κ1) is 14.7. The lowest BCUT2D eigenvalue weighted by Gasteiger charge is -2.11. The molecule has 1 N–H and O–H groups in total. The van der Waals surface area contributed by atoms with Gasteiger partial charge in [-0.3, -0.25) is 0 Å². The molecular formula is C13H14F2N2O2S. The van der Waals surface area contributed by atoms with Crippen LogP contribution in [0.3, 0.4) is 0 Å². The Morgan fingerprint density at radius 1 is 1.30 bits per heavy atom. The Bertz CT molecular complexity index is 535. The van der Waals surface area contributed by atoms with E-state index in [-0.39, 0.29) is 11.5 Å². The molecule has 0 aliphatic carbocycles. The molecule has 0 unspecified atom stereocenters. The van der Waals surface area contributed by atoms with Crippen LogP contribution in [-0.2, 0) is 13.1 Å². The van der Waals surface area contributed by atoms with Crippen molar-refractivity contribution in [3.05, 3.63) is 40.3 Å². The van der Waals surface area contributed by atoms with Crippen molar-refractivity contribution in [3.63, 3.8) is 0 Å². The summed E-state index contributed by atoms with van der Waals surface area (Å²) in [5.74, 6) is 0.324. The molecule has 0 saturated carbocycles. The second-order valence-electron chi connectivity index (χ2n) is 3.89. The van der Waals surface area contributed by atoms with Crippen LogP contribution < -0.4 is 14.8 Å². The van der Waals surface area contributed by atoms with Crippen LogP contribution in [-0.4, -0.2) is 18.7 Å². The molecule has 0 bridgehead atoms. The molecule has 4 nitrogen and oxygen atoms in total. The number of thiazole rings is 1. The fourth-order valence-corrected chi connectivity index (χ4v) is 2.26. The number of benzene rings is 1. The molecule has 0 aliphatic rings. The van der Waals surface area contributed by atoms with Crippen LogP contribution >= 0.6 is 11.3 Å². The van der Waals surface area contributed by atoms with E-state index in [0.717, 1.165) is 10.6 Å². The molecule has 0 aliphatic heterocycles. The standard InChI is InChI=1S/C13H14F2N2O2S/c1-18-10-3-2-9(6-11(10)19-13(14)15)7-16-8-12-17-4-5-20-12/h2-6,13,16H,7-8H2,1H3. The van der Waals surface area contributed by atoms with Crippen molar-refractivity contribution >= 4 is 11.3 Å². The number of aromatic nitrogens is 1. The minimum atomic E-state index is -2.87. The number of halogens is 2. The molecule has 0 radical (unpaired) electrons. The van der Waals surface area contributed by atoms with E-state index in [1.807, 2.05) is 5.38 Å². The summed E-state index contributed by atoms with van der Waals surface area (Å²) in [6.07, 6.45) is 1.74. The van der Waals surface area contributed by atoms with Gasteiger partial charge in [-0.2, -0.15) is 8.78 Å². The molecule has 108 valence electrons. The second kappa shape index (κ2) is 7.16. The molecule has 0 amide bonds. The summed E-state index contributed by atoms with van der Waals surface area (Å²) in [5, 5.41) is 6.06. The maximum Gasteiger partial charge on any atom is 0.387 e. The second-order valence-corrected chi connectivity index (χ2v) is 4.87. The summed E-state index contributed by atoms with van der Waals surface area (Å²) in [4.78, 5) is 4.14. The number of methoxy groups -OCH3 is 1. The van der Waals surface area contributed by atoms with E-state index in [1.54, 1.807) is 35.7 Å². The zero-order valence-corrected chi connectivity index (χ0v) is 11.6. The van der Waals surface area contributed by atoms with Crippen molar-refractivity contribution in [2.45, 2.75) is 19.7 Å². The molecule has 1 aromatic carbocycles. The summed E-state index contributed by atoms with van der Waals surface area (Å²) in [7, 11) is 1.41. The van der Waals surface area contributed by atoms with Gasteiger partial charge in [0.2, 0.25) is 0 Å². The number of hydrogen-bond acceptors (Lipinski definition) is 5. The van der Waals surface area contributed by atoms with Crippen molar-refractivity contribution in [1.82, 2.24) is 10.3 Å². The van der Waals surface area contributed by atoms with Crippen LogP contribution in [0.15, 0.2) is 29.8 Å². The molecule has 2 aromatic rings. The average Bonchev–Trinajstić information content (AvgIpc) is 2.91.